The summed E-state index contributed by atoms with van der Waals surface area (Å²) in [6.45, 7) is 4.71. The number of carbonyl (C=O) groups is 1. The van der Waals surface area contributed by atoms with Crippen molar-refractivity contribution in [3.63, 3.8) is 0 Å². The number of hydrogen-bond acceptors (Lipinski definition) is 4. The predicted molar refractivity (Wildman–Crippen MR) is 107 cm³/mol. The second kappa shape index (κ2) is 7.56. The number of aryl methyl sites for hydroxylation is 1. The zero-order valence-corrected chi connectivity index (χ0v) is 16.0. The summed E-state index contributed by atoms with van der Waals surface area (Å²) in [6.07, 6.45) is -0.247. The molecule has 144 valence electrons. The van der Waals surface area contributed by atoms with Gasteiger partial charge in [0.1, 0.15) is 12.6 Å². The summed E-state index contributed by atoms with van der Waals surface area (Å²) < 4.78 is 7.30. The van der Waals surface area contributed by atoms with E-state index in [1.54, 1.807) is 11.0 Å². The first-order chi connectivity index (χ1) is 13.5. The van der Waals surface area contributed by atoms with Crippen LogP contribution in [0.4, 0.5) is 0 Å². The van der Waals surface area contributed by atoms with Gasteiger partial charge in [-0.3, -0.25) is 9.59 Å². The Morgan fingerprint density at radius 3 is 2.50 bits per heavy atom. The number of morpholine rings is 1. The highest BCUT2D eigenvalue weighted by Crippen LogP contribution is 2.25. The van der Waals surface area contributed by atoms with Crippen molar-refractivity contribution >= 4 is 16.7 Å². The summed E-state index contributed by atoms with van der Waals surface area (Å²) in [5.41, 5.74) is 1.54. The molecular formula is C22H23N3O3. The highest BCUT2D eigenvalue weighted by molar-refractivity contribution is 5.83. The Hall–Kier alpha value is -2.99. The molecule has 0 aliphatic carbocycles. The van der Waals surface area contributed by atoms with E-state index < -0.39 is 0 Å². The molecule has 6 heteroatoms. The fourth-order valence-electron chi connectivity index (χ4n) is 3.75. The Morgan fingerprint density at radius 2 is 1.75 bits per heavy atom. The van der Waals surface area contributed by atoms with Crippen LogP contribution in [0.5, 0.6) is 0 Å². The molecular weight excluding hydrogens is 354 g/mol. The summed E-state index contributed by atoms with van der Waals surface area (Å²) in [7, 11) is 0. The largest absolute Gasteiger partial charge is 0.367 e. The van der Waals surface area contributed by atoms with Crippen molar-refractivity contribution in [2.75, 3.05) is 13.1 Å². The van der Waals surface area contributed by atoms with Gasteiger partial charge in [-0.15, -0.1) is 0 Å². The molecule has 0 bridgehead atoms. The first kappa shape index (κ1) is 18.4. The number of nitrogens with zero attached hydrogens (tertiary/aromatic N) is 3. The van der Waals surface area contributed by atoms with Crippen LogP contribution in [0.1, 0.15) is 24.3 Å². The van der Waals surface area contributed by atoms with Gasteiger partial charge in [-0.2, -0.15) is 5.10 Å². The summed E-state index contributed by atoms with van der Waals surface area (Å²) in [5, 5.41) is 5.76. The second-order valence-electron chi connectivity index (χ2n) is 7.24. The van der Waals surface area contributed by atoms with Gasteiger partial charge in [0.15, 0.2) is 0 Å². The van der Waals surface area contributed by atoms with Crippen LogP contribution >= 0.6 is 0 Å². The Morgan fingerprint density at radius 1 is 1.07 bits per heavy atom. The standard InChI is InChI=1S/C22H23N3O3/c1-15-12-24(13-20(28-15)17-8-4-3-5-9-17)21(26)14-25-22(27)19-11-7-6-10-18(19)16(2)23-25/h3-11,15,20H,12-14H2,1-2H3. The number of ether oxygens (including phenoxy) is 1. The lowest BCUT2D eigenvalue weighted by molar-refractivity contribution is -0.145. The lowest BCUT2D eigenvalue weighted by Crippen LogP contribution is -2.48. The third-order valence-corrected chi connectivity index (χ3v) is 5.12. The van der Waals surface area contributed by atoms with Crippen molar-refractivity contribution in [3.05, 3.63) is 76.2 Å². The van der Waals surface area contributed by atoms with Crippen molar-refractivity contribution in [2.45, 2.75) is 32.6 Å². The minimum Gasteiger partial charge on any atom is -0.367 e. The number of fused-ring (bicyclic) bond motifs is 1. The summed E-state index contributed by atoms with van der Waals surface area (Å²) >= 11 is 0. The van der Waals surface area contributed by atoms with Gasteiger partial charge in [0.05, 0.1) is 23.7 Å². The Kier molecular flexibility index (Phi) is 4.96. The maximum absolute atomic E-state index is 13.0. The van der Waals surface area contributed by atoms with Crippen LogP contribution < -0.4 is 5.56 Å². The van der Waals surface area contributed by atoms with Crippen LogP contribution in [0.25, 0.3) is 10.8 Å². The maximum atomic E-state index is 13.0. The van der Waals surface area contributed by atoms with Crippen LogP contribution in [0, 0.1) is 6.92 Å². The Balaban J connectivity index is 1.57. The normalized spacial score (nSPS) is 19.7. The van der Waals surface area contributed by atoms with E-state index in [4.69, 9.17) is 4.74 Å². The minimum atomic E-state index is -0.240. The second-order valence-corrected chi connectivity index (χ2v) is 7.24. The smallest absolute Gasteiger partial charge is 0.275 e. The van der Waals surface area contributed by atoms with Crippen LogP contribution in [0.2, 0.25) is 0 Å². The molecule has 0 radical (unpaired) electrons. The average Bonchev–Trinajstić information content (AvgIpc) is 2.72. The highest BCUT2D eigenvalue weighted by Gasteiger charge is 2.29. The van der Waals surface area contributed by atoms with Gasteiger partial charge < -0.3 is 9.64 Å². The van der Waals surface area contributed by atoms with E-state index >= 15 is 0 Å². The van der Waals surface area contributed by atoms with Crippen LogP contribution in [0.15, 0.2) is 59.4 Å². The lowest BCUT2D eigenvalue weighted by atomic mass is 10.1. The first-order valence-electron chi connectivity index (χ1n) is 9.47. The van der Waals surface area contributed by atoms with Gasteiger partial charge in [0.25, 0.3) is 5.56 Å². The van der Waals surface area contributed by atoms with E-state index in [2.05, 4.69) is 5.10 Å². The first-order valence-corrected chi connectivity index (χ1v) is 9.47. The summed E-state index contributed by atoms with van der Waals surface area (Å²) in [6, 6.07) is 17.2. The van der Waals surface area contributed by atoms with Gasteiger partial charge in [-0.25, -0.2) is 4.68 Å². The average molecular weight is 377 g/mol. The molecule has 2 aromatic carbocycles. The van der Waals surface area contributed by atoms with Gasteiger partial charge in [-0.05, 0) is 25.5 Å². The topological polar surface area (TPSA) is 64.4 Å². The number of amides is 1. The van der Waals surface area contributed by atoms with Gasteiger partial charge in [-0.1, -0.05) is 48.5 Å². The lowest BCUT2D eigenvalue weighted by Gasteiger charge is -2.37. The molecule has 1 saturated heterocycles. The number of carbonyl (C=O) groups excluding carboxylic acids is 1. The van der Waals surface area contributed by atoms with E-state index in [0.717, 1.165) is 16.6 Å². The quantitative estimate of drug-likeness (QED) is 0.704. The number of aromatic nitrogens is 2. The van der Waals surface area contributed by atoms with Crippen molar-refractivity contribution in [2.24, 2.45) is 0 Å². The molecule has 3 aromatic rings. The van der Waals surface area contributed by atoms with E-state index in [1.165, 1.54) is 4.68 Å². The monoisotopic (exact) mass is 377 g/mol. The maximum Gasteiger partial charge on any atom is 0.275 e. The van der Waals surface area contributed by atoms with Crippen molar-refractivity contribution in [3.8, 4) is 0 Å². The molecule has 2 heterocycles. The molecule has 1 amide bonds. The zero-order valence-electron chi connectivity index (χ0n) is 16.0. The number of hydrogen-bond donors (Lipinski definition) is 0. The molecule has 1 aliphatic heterocycles. The molecule has 1 aliphatic rings. The van der Waals surface area contributed by atoms with E-state index in [1.807, 2.05) is 62.4 Å². The SMILES string of the molecule is Cc1nn(CC(=O)N2CC(C)OC(c3ccccc3)C2)c(=O)c2ccccc12. The predicted octanol–water partition coefficient (Wildman–Crippen LogP) is 2.69. The molecule has 6 nitrogen and oxygen atoms in total. The Bertz CT molecular complexity index is 1060. The molecule has 2 unspecified atom stereocenters. The van der Waals surface area contributed by atoms with Gasteiger partial charge in [0.2, 0.25) is 5.91 Å². The van der Waals surface area contributed by atoms with Crippen LogP contribution in [0.3, 0.4) is 0 Å². The molecule has 1 fully saturated rings. The molecule has 28 heavy (non-hydrogen) atoms. The molecule has 0 saturated carbocycles. The Labute approximate surface area is 163 Å². The number of rotatable bonds is 3. The third-order valence-electron chi connectivity index (χ3n) is 5.12. The molecule has 4 rings (SSSR count). The summed E-state index contributed by atoms with van der Waals surface area (Å²) in [5.74, 6) is -0.125. The summed E-state index contributed by atoms with van der Waals surface area (Å²) in [4.78, 5) is 27.5. The zero-order chi connectivity index (χ0) is 19.7. The fourth-order valence-corrected chi connectivity index (χ4v) is 3.75. The van der Waals surface area contributed by atoms with Crippen molar-refractivity contribution in [1.29, 1.82) is 0 Å². The van der Waals surface area contributed by atoms with E-state index in [9.17, 15) is 9.59 Å². The van der Waals surface area contributed by atoms with Crippen LogP contribution in [-0.4, -0.2) is 39.8 Å². The van der Waals surface area contributed by atoms with Crippen molar-refractivity contribution < 1.29 is 9.53 Å². The van der Waals surface area contributed by atoms with E-state index in [-0.39, 0.29) is 30.2 Å². The van der Waals surface area contributed by atoms with Gasteiger partial charge >= 0.3 is 0 Å². The highest BCUT2D eigenvalue weighted by atomic mass is 16.5. The molecule has 1 aromatic heterocycles. The number of benzene rings is 2. The van der Waals surface area contributed by atoms with Crippen molar-refractivity contribution in [1.82, 2.24) is 14.7 Å². The molecule has 2 atom stereocenters. The van der Waals surface area contributed by atoms with Gasteiger partial charge in [0, 0.05) is 11.9 Å². The van der Waals surface area contributed by atoms with Crippen LogP contribution in [-0.2, 0) is 16.1 Å². The minimum absolute atomic E-state index is 0.0707. The third kappa shape index (κ3) is 3.55. The molecule has 0 spiro atoms. The molecule has 0 N–H and O–H groups in total. The van der Waals surface area contributed by atoms with E-state index in [0.29, 0.717) is 18.5 Å². The fraction of sp³-hybridized carbons (Fsp3) is 0.318.